The van der Waals surface area contributed by atoms with Gasteiger partial charge in [0.2, 0.25) is 0 Å². The van der Waals surface area contributed by atoms with Crippen molar-refractivity contribution in [3.63, 3.8) is 0 Å². The average Bonchev–Trinajstić information content (AvgIpc) is 2.09. The Bertz CT molecular complexity index is 313. The minimum atomic E-state index is -0.875. The van der Waals surface area contributed by atoms with Crippen LogP contribution in [-0.4, -0.2) is 21.3 Å². The van der Waals surface area contributed by atoms with Crippen molar-refractivity contribution in [2.75, 3.05) is 0 Å². The fraction of sp³-hybridized carbons (Fsp3) is 0.300. The third-order valence-corrected chi connectivity index (χ3v) is 1.94. The van der Waals surface area contributed by atoms with Gasteiger partial charge in [-0.05, 0) is 25.0 Å². The smallest absolute Gasteiger partial charge is 0.303 e. The highest BCUT2D eigenvalue weighted by Gasteiger charge is 2.07. The van der Waals surface area contributed by atoms with E-state index in [0.717, 1.165) is 0 Å². The number of carboxylic acid groups (broad SMARTS) is 1. The van der Waals surface area contributed by atoms with E-state index in [1.807, 2.05) is 0 Å². The topological polar surface area (TPSA) is 77.8 Å². The van der Waals surface area contributed by atoms with E-state index in [0.29, 0.717) is 18.4 Å². The van der Waals surface area contributed by atoms with Crippen molar-refractivity contribution >= 4 is 5.97 Å². The molecule has 14 heavy (non-hydrogen) atoms. The second kappa shape index (κ2) is 4.50. The molecule has 0 amide bonds. The molecule has 0 saturated carbocycles. The Hall–Kier alpha value is -1.71. The van der Waals surface area contributed by atoms with E-state index in [2.05, 4.69) is 0 Å². The summed E-state index contributed by atoms with van der Waals surface area (Å²) in [7, 11) is 0. The molecule has 0 aliphatic rings. The molecule has 0 atom stereocenters. The Morgan fingerprint density at radius 1 is 1.21 bits per heavy atom. The fourth-order valence-corrected chi connectivity index (χ4v) is 1.24. The number of hydrogen-bond donors (Lipinski definition) is 3. The number of carboxylic acids is 1. The number of carbonyl (C=O) groups is 1. The number of rotatable bonds is 4. The van der Waals surface area contributed by atoms with E-state index < -0.39 is 5.97 Å². The Kier molecular flexibility index (Phi) is 3.34. The van der Waals surface area contributed by atoms with Gasteiger partial charge < -0.3 is 15.3 Å². The fourth-order valence-electron chi connectivity index (χ4n) is 1.24. The highest BCUT2D eigenvalue weighted by molar-refractivity contribution is 5.66. The lowest BCUT2D eigenvalue weighted by molar-refractivity contribution is -0.137. The second-order valence-corrected chi connectivity index (χ2v) is 3.02. The first-order valence-corrected chi connectivity index (χ1v) is 4.33. The molecule has 4 heteroatoms. The number of phenolic OH excluding ortho intramolecular Hbond substituents is 2. The van der Waals surface area contributed by atoms with Crippen LogP contribution in [0.2, 0.25) is 0 Å². The van der Waals surface area contributed by atoms with Crippen LogP contribution >= 0.6 is 0 Å². The van der Waals surface area contributed by atoms with Gasteiger partial charge >= 0.3 is 5.97 Å². The van der Waals surface area contributed by atoms with Gasteiger partial charge in [0.1, 0.15) is 11.5 Å². The van der Waals surface area contributed by atoms with Crippen LogP contribution in [0.4, 0.5) is 0 Å². The third kappa shape index (κ3) is 2.65. The predicted octanol–water partition coefficient (Wildman–Crippen LogP) is 1.51. The second-order valence-electron chi connectivity index (χ2n) is 3.02. The molecule has 0 radical (unpaired) electrons. The van der Waals surface area contributed by atoms with Gasteiger partial charge in [0.15, 0.2) is 0 Å². The SMILES string of the molecule is O=C(O)CCCc1c(O)cccc1O. The molecule has 0 aromatic heterocycles. The van der Waals surface area contributed by atoms with Crippen LogP contribution in [0, 0.1) is 0 Å². The summed E-state index contributed by atoms with van der Waals surface area (Å²) in [5, 5.41) is 27.1. The van der Waals surface area contributed by atoms with E-state index in [9.17, 15) is 15.0 Å². The lowest BCUT2D eigenvalue weighted by atomic mass is 10.1. The highest BCUT2D eigenvalue weighted by Crippen LogP contribution is 2.27. The summed E-state index contributed by atoms with van der Waals surface area (Å²) < 4.78 is 0. The molecule has 1 aromatic rings. The molecule has 1 aromatic carbocycles. The summed E-state index contributed by atoms with van der Waals surface area (Å²) >= 11 is 0. The van der Waals surface area contributed by atoms with Gasteiger partial charge in [0.25, 0.3) is 0 Å². The molecular formula is C10H12O4. The van der Waals surface area contributed by atoms with Gasteiger partial charge in [0, 0.05) is 12.0 Å². The third-order valence-electron chi connectivity index (χ3n) is 1.94. The minimum absolute atomic E-state index is 0.00962. The maximum absolute atomic E-state index is 10.2. The maximum atomic E-state index is 10.2. The Labute approximate surface area is 81.4 Å². The van der Waals surface area contributed by atoms with Crippen LogP contribution in [0.1, 0.15) is 18.4 Å². The molecule has 0 aliphatic carbocycles. The summed E-state index contributed by atoms with van der Waals surface area (Å²) in [6.07, 6.45) is 0.805. The van der Waals surface area contributed by atoms with Crippen molar-refractivity contribution in [2.45, 2.75) is 19.3 Å². The molecule has 76 valence electrons. The number of hydrogen-bond acceptors (Lipinski definition) is 3. The molecule has 0 bridgehead atoms. The van der Waals surface area contributed by atoms with Gasteiger partial charge in [-0.3, -0.25) is 4.79 Å². The van der Waals surface area contributed by atoms with Crippen molar-refractivity contribution in [2.24, 2.45) is 0 Å². The van der Waals surface area contributed by atoms with Crippen LogP contribution in [0.3, 0.4) is 0 Å². The average molecular weight is 196 g/mol. The quantitative estimate of drug-likeness (QED) is 0.682. The molecule has 0 saturated heterocycles. The van der Waals surface area contributed by atoms with Gasteiger partial charge in [-0.15, -0.1) is 0 Å². The van der Waals surface area contributed by atoms with Crippen molar-refractivity contribution in [3.05, 3.63) is 23.8 Å². The van der Waals surface area contributed by atoms with E-state index in [1.165, 1.54) is 18.2 Å². The lowest BCUT2D eigenvalue weighted by Gasteiger charge is -2.05. The van der Waals surface area contributed by atoms with E-state index in [4.69, 9.17) is 5.11 Å². The maximum Gasteiger partial charge on any atom is 0.303 e. The normalized spacial score (nSPS) is 10.0. The molecule has 1 rings (SSSR count). The summed E-state index contributed by atoms with van der Waals surface area (Å²) in [4.78, 5) is 10.2. The van der Waals surface area contributed by atoms with E-state index in [1.54, 1.807) is 0 Å². The van der Waals surface area contributed by atoms with Crippen LogP contribution in [0.5, 0.6) is 11.5 Å². The van der Waals surface area contributed by atoms with Crippen molar-refractivity contribution in [1.82, 2.24) is 0 Å². The largest absolute Gasteiger partial charge is 0.508 e. The Morgan fingerprint density at radius 2 is 1.79 bits per heavy atom. The van der Waals surface area contributed by atoms with E-state index >= 15 is 0 Å². The van der Waals surface area contributed by atoms with Crippen molar-refractivity contribution in [3.8, 4) is 11.5 Å². The summed E-state index contributed by atoms with van der Waals surface area (Å²) in [6, 6.07) is 4.47. The molecule has 4 nitrogen and oxygen atoms in total. The Balaban J connectivity index is 2.62. The first-order valence-electron chi connectivity index (χ1n) is 4.33. The highest BCUT2D eigenvalue weighted by atomic mass is 16.4. The predicted molar refractivity (Wildman–Crippen MR) is 50.3 cm³/mol. The molecule has 0 heterocycles. The zero-order chi connectivity index (χ0) is 10.6. The molecular weight excluding hydrogens is 184 g/mol. The number of phenols is 2. The first kappa shape index (κ1) is 10.4. The minimum Gasteiger partial charge on any atom is -0.508 e. The molecule has 0 unspecified atom stereocenters. The summed E-state index contributed by atoms with van der Waals surface area (Å²) in [6.45, 7) is 0. The number of benzene rings is 1. The number of aromatic hydroxyl groups is 2. The molecule has 0 aliphatic heterocycles. The zero-order valence-electron chi connectivity index (χ0n) is 7.60. The summed E-state index contributed by atoms with van der Waals surface area (Å²) in [5.41, 5.74) is 0.411. The first-order chi connectivity index (χ1) is 6.61. The van der Waals surface area contributed by atoms with Crippen LogP contribution in [-0.2, 0) is 11.2 Å². The zero-order valence-corrected chi connectivity index (χ0v) is 7.60. The van der Waals surface area contributed by atoms with Crippen LogP contribution in [0.15, 0.2) is 18.2 Å². The van der Waals surface area contributed by atoms with Gasteiger partial charge in [-0.1, -0.05) is 6.07 Å². The van der Waals surface area contributed by atoms with Gasteiger partial charge in [-0.25, -0.2) is 0 Å². The van der Waals surface area contributed by atoms with Gasteiger partial charge in [-0.2, -0.15) is 0 Å². The monoisotopic (exact) mass is 196 g/mol. The van der Waals surface area contributed by atoms with Crippen LogP contribution < -0.4 is 0 Å². The van der Waals surface area contributed by atoms with E-state index in [-0.39, 0.29) is 17.9 Å². The Morgan fingerprint density at radius 3 is 2.29 bits per heavy atom. The van der Waals surface area contributed by atoms with Gasteiger partial charge in [0.05, 0.1) is 0 Å². The summed E-state index contributed by atoms with van der Waals surface area (Å²) in [5.74, 6) is -0.856. The molecule has 0 fully saturated rings. The lowest BCUT2D eigenvalue weighted by Crippen LogP contribution is -1.96. The van der Waals surface area contributed by atoms with Crippen LogP contribution in [0.25, 0.3) is 0 Å². The van der Waals surface area contributed by atoms with Crippen molar-refractivity contribution < 1.29 is 20.1 Å². The van der Waals surface area contributed by atoms with Crippen molar-refractivity contribution in [1.29, 1.82) is 0 Å². The molecule has 0 spiro atoms. The molecule has 3 N–H and O–H groups in total. The number of aliphatic carboxylic acids is 1. The standard InChI is InChI=1S/C10H12O4/c11-8-4-2-5-9(12)7(8)3-1-6-10(13)14/h2,4-5,11-12H,1,3,6H2,(H,13,14).